The lowest BCUT2D eigenvalue weighted by Gasteiger charge is -2.16. The van der Waals surface area contributed by atoms with Crippen LogP contribution in [0.25, 0.3) is 0 Å². The van der Waals surface area contributed by atoms with Gasteiger partial charge in [0.1, 0.15) is 6.10 Å². The summed E-state index contributed by atoms with van der Waals surface area (Å²) in [4.78, 5) is 0. The molecule has 64 valence electrons. The number of aliphatic hydroxyl groups is 2. The van der Waals surface area contributed by atoms with Gasteiger partial charge in [0.25, 0.3) is 0 Å². The van der Waals surface area contributed by atoms with Gasteiger partial charge in [0, 0.05) is 0 Å². The van der Waals surface area contributed by atoms with Crippen molar-refractivity contribution in [3.05, 3.63) is 35.9 Å². The van der Waals surface area contributed by atoms with Gasteiger partial charge >= 0.3 is 0 Å². The third kappa shape index (κ3) is 1.24. The Bertz CT molecular complexity index is 264. The van der Waals surface area contributed by atoms with E-state index in [1.54, 1.807) is 0 Å². The van der Waals surface area contributed by atoms with Crippen molar-refractivity contribution in [2.45, 2.75) is 24.5 Å². The van der Waals surface area contributed by atoms with Crippen molar-refractivity contribution in [2.75, 3.05) is 0 Å². The first-order valence-electron chi connectivity index (χ1n) is 4.18. The minimum atomic E-state index is -0.832. The topological polar surface area (TPSA) is 40.5 Å². The van der Waals surface area contributed by atoms with Crippen LogP contribution in [-0.2, 0) is 0 Å². The molecule has 0 amide bonds. The van der Waals surface area contributed by atoms with E-state index in [0.717, 1.165) is 5.56 Å². The Kier molecular flexibility index (Phi) is 1.67. The zero-order valence-electron chi connectivity index (χ0n) is 6.77. The first-order chi connectivity index (χ1) is 5.72. The fourth-order valence-corrected chi connectivity index (χ4v) is 1.35. The standard InChI is InChI=1S/C10H12O2/c11-9(10(12)6-7-10)8-4-2-1-3-5-8/h1-5,9,11-12H,6-7H2. The molecular formula is C10H12O2. The van der Waals surface area contributed by atoms with E-state index in [1.807, 2.05) is 30.3 Å². The molecule has 1 aromatic carbocycles. The van der Waals surface area contributed by atoms with Crippen molar-refractivity contribution < 1.29 is 10.2 Å². The van der Waals surface area contributed by atoms with E-state index >= 15 is 0 Å². The van der Waals surface area contributed by atoms with E-state index in [4.69, 9.17) is 0 Å². The number of hydrogen-bond donors (Lipinski definition) is 2. The highest BCUT2D eigenvalue weighted by Crippen LogP contribution is 2.45. The van der Waals surface area contributed by atoms with E-state index in [0.29, 0.717) is 12.8 Å². The second kappa shape index (κ2) is 2.57. The van der Waals surface area contributed by atoms with Crippen molar-refractivity contribution in [1.82, 2.24) is 0 Å². The van der Waals surface area contributed by atoms with Gasteiger partial charge in [0.2, 0.25) is 0 Å². The van der Waals surface area contributed by atoms with Gasteiger partial charge in [0.15, 0.2) is 0 Å². The lowest BCUT2D eigenvalue weighted by molar-refractivity contribution is -0.00172. The van der Waals surface area contributed by atoms with Crippen molar-refractivity contribution in [1.29, 1.82) is 0 Å². The van der Waals surface area contributed by atoms with Crippen molar-refractivity contribution in [3.8, 4) is 0 Å². The number of rotatable bonds is 2. The van der Waals surface area contributed by atoms with E-state index in [-0.39, 0.29) is 0 Å². The van der Waals surface area contributed by atoms with Gasteiger partial charge in [0.05, 0.1) is 5.60 Å². The Morgan fingerprint density at radius 2 is 1.75 bits per heavy atom. The maximum absolute atomic E-state index is 9.67. The van der Waals surface area contributed by atoms with Crippen LogP contribution < -0.4 is 0 Å². The van der Waals surface area contributed by atoms with E-state index in [2.05, 4.69) is 0 Å². The summed E-state index contributed by atoms with van der Waals surface area (Å²) in [6.07, 6.45) is 0.713. The van der Waals surface area contributed by atoms with Gasteiger partial charge in [-0.2, -0.15) is 0 Å². The molecule has 2 rings (SSSR count). The molecule has 1 saturated carbocycles. The van der Waals surface area contributed by atoms with Crippen LogP contribution in [0.3, 0.4) is 0 Å². The second-order valence-electron chi connectivity index (χ2n) is 3.42. The Hall–Kier alpha value is -0.860. The SMILES string of the molecule is OC(c1ccccc1)C1(O)CC1. The van der Waals surface area contributed by atoms with Crippen molar-refractivity contribution >= 4 is 0 Å². The molecule has 2 N–H and O–H groups in total. The maximum Gasteiger partial charge on any atom is 0.108 e. The number of hydrogen-bond acceptors (Lipinski definition) is 2. The first kappa shape index (κ1) is 7.77. The smallest absolute Gasteiger partial charge is 0.108 e. The van der Waals surface area contributed by atoms with Gasteiger partial charge in [-0.1, -0.05) is 30.3 Å². The average molecular weight is 164 g/mol. The molecule has 1 aromatic rings. The van der Waals surface area contributed by atoms with Crippen LogP contribution in [0.4, 0.5) is 0 Å². The van der Waals surface area contributed by atoms with Crippen LogP contribution in [0.15, 0.2) is 30.3 Å². The molecule has 1 unspecified atom stereocenters. The molecule has 0 heterocycles. The molecule has 1 fully saturated rings. The lowest BCUT2D eigenvalue weighted by Crippen LogP contribution is -2.19. The summed E-state index contributed by atoms with van der Waals surface area (Å²) in [5.41, 5.74) is -0.0288. The fraction of sp³-hybridized carbons (Fsp3) is 0.400. The first-order valence-corrected chi connectivity index (χ1v) is 4.18. The highest BCUT2D eigenvalue weighted by molar-refractivity contribution is 5.22. The average Bonchev–Trinajstić information content (AvgIpc) is 2.85. The van der Waals surface area contributed by atoms with Crippen molar-refractivity contribution in [3.63, 3.8) is 0 Å². The van der Waals surface area contributed by atoms with Gasteiger partial charge in [-0.25, -0.2) is 0 Å². The Morgan fingerprint density at radius 1 is 1.17 bits per heavy atom. The molecule has 1 atom stereocenters. The van der Waals surface area contributed by atoms with E-state index in [1.165, 1.54) is 0 Å². The summed E-state index contributed by atoms with van der Waals surface area (Å²) in [6.45, 7) is 0. The predicted octanol–water partition coefficient (Wildman–Crippen LogP) is 1.24. The third-order valence-electron chi connectivity index (χ3n) is 2.39. The van der Waals surface area contributed by atoms with Gasteiger partial charge in [-0.3, -0.25) is 0 Å². The second-order valence-corrected chi connectivity index (χ2v) is 3.42. The van der Waals surface area contributed by atoms with Gasteiger partial charge in [-0.05, 0) is 18.4 Å². The highest BCUT2D eigenvalue weighted by atomic mass is 16.3. The van der Waals surface area contributed by atoms with Crippen LogP contribution in [-0.4, -0.2) is 15.8 Å². The maximum atomic E-state index is 9.67. The predicted molar refractivity (Wildman–Crippen MR) is 45.6 cm³/mol. The zero-order valence-corrected chi connectivity index (χ0v) is 6.77. The quantitative estimate of drug-likeness (QED) is 0.690. The minimum absolute atomic E-state index is 0.710. The van der Waals surface area contributed by atoms with Crippen LogP contribution >= 0.6 is 0 Å². The summed E-state index contributed by atoms with van der Waals surface area (Å²) < 4.78 is 0. The molecule has 0 aliphatic heterocycles. The van der Waals surface area contributed by atoms with Crippen LogP contribution in [0, 0.1) is 0 Å². The molecule has 0 aromatic heterocycles. The van der Waals surface area contributed by atoms with Crippen molar-refractivity contribution in [2.24, 2.45) is 0 Å². The van der Waals surface area contributed by atoms with Gasteiger partial charge < -0.3 is 10.2 Å². The Balaban J connectivity index is 2.20. The summed E-state index contributed by atoms with van der Waals surface area (Å²) in [7, 11) is 0. The molecule has 2 nitrogen and oxygen atoms in total. The number of aliphatic hydroxyl groups excluding tert-OH is 1. The van der Waals surface area contributed by atoms with E-state index in [9.17, 15) is 10.2 Å². The lowest BCUT2D eigenvalue weighted by atomic mass is 10.0. The molecule has 0 spiro atoms. The molecule has 1 aliphatic carbocycles. The summed E-state index contributed by atoms with van der Waals surface area (Å²) in [5.74, 6) is 0. The summed E-state index contributed by atoms with van der Waals surface area (Å²) in [6, 6.07) is 9.30. The fourth-order valence-electron chi connectivity index (χ4n) is 1.35. The van der Waals surface area contributed by atoms with Crippen LogP contribution in [0.2, 0.25) is 0 Å². The van der Waals surface area contributed by atoms with Crippen LogP contribution in [0.5, 0.6) is 0 Å². The minimum Gasteiger partial charge on any atom is -0.387 e. The number of benzene rings is 1. The summed E-state index contributed by atoms with van der Waals surface area (Å²) in [5, 5.41) is 19.3. The highest BCUT2D eigenvalue weighted by Gasteiger charge is 2.47. The van der Waals surface area contributed by atoms with Gasteiger partial charge in [-0.15, -0.1) is 0 Å². The normalized spacial score (nSPS) is 21.8. The zero-order chi connectivity index (χ0) is 8.60. The van der Waals surface area contributed by atoms with E-state index < -0.39 is 11.7 Å². The largest absolute Gasteiger partial charge is 0.387 e. The summed E-state index contributed by atoms with van der Waals surface area (Å²) >= 11 is 0. The monoisotopic (exact) mass is 164 g/mol. The Labute approximate surface area is 71.5 Å². The molecule has 1 aliphatic rings. The third-order valence-corrected chi connectivity index (χ3v) is 2.39. The van der Waals surface area contributed by atoms with Crippen LogP contribution in [0.1, 0.15) is 24.5 Å². The molecule has 0 radical (unpaired) electrons. The molecule has 2 heteroatoms. The molecule has 0 saturated heterocycles. The molecular weight excluding hydrogens is 152 g/mol. The molecule has 12 heavy (non-hydrogen) atoms. The molecule has 0 bridgehead atoms. The Morgan fingerprint density at radius 3 is 2.25 bits per heavy atom.